The zero-order valence-corrected chi connectivity index (χ0v) is 7.82. The van der Waals surface area contributed by atoms with Crippen LogP contribution >= 0.6 is 0 Å². The minimum Gasteiger partial charge on any atom is -0.447 e. The number of hydrogen-bond acceptors (Lipinski definition) is 4. The fourth-order valence-electron chi connectivity index (χ4n) is 1.52. The number of aromatic nitrogens is 1. The molecule has 0 spiro atoms. The average molecular weight is 195 g/mol. The molecule has 1 amide bonds. The fraction of sp³-hybridized carbons (Fsp3) is 0.556. The van der Waals surface area contributed by atoms with Gasteiger partial charge >= 0.3 is 0 Å². The molecule has 1 aliphatic heterocycles. The lowest BCUT2D eigenvalue weighted by atomic mass is 10.1. The second kappa shape index (κ2) is 4.23. The van der Waals surface area contributed by atoms with E-state index in [1.807, 2.05) is 0 Å². The summed E-state index contributed by atoms with van der Waals surface area (Å²) < 4.78 is 5.05. The normalized spacial score (nSPS) is 22.0. The van der Waals surface area contributed by atoms with Crippen LogP contribution in [0.25, 0.3) is 0 Å². The predicted molar refractivity (Wildman–Crippen MR) is 49.4 cm³/mol. The van der Waals surface area contributed by atoms with Crippen LogP contribution in [0.1, 0.15) is 18.6 Å². The van der Waals surface area contributed by atoms with Crippen molar-refractivity contribution in [3.8, 4) is 0 Å². The minimum atomic E-state index is -0.0890. The Labute approximate surface area is 81.9 Å². The van der Waals surface area contributed by atoms with E-state index < -0.39 is 0 Å². The Morgan fingerprint density at radius 1 is 1.71 bits per heavy atom. The third-order valence-electron chi connectivity index (χ3n) is 2.29. The van der Waals surface area contributed by atoms with Crippen molar-refractivity contribution in [2.45, 2.75) is 25.4 Å². The van der Waals surface area contributed by atoms with Crippen LogP contribution in [0.3, 0.4) is 0 Å². The standard InChI is InChI=1S/C9H13N3O2/c13-9-8(2-1-3-11-9)12-5-7-4-10-6-14-7/h4,6,8,12H,1-3,5H2,(H,11,13). The van der Waals surface area contributed by atoms with Crippen LogP contribution in [-0.4, -0.2) is 23.5 Å². The molecule has 5 heteroatoms. The molecule has 76 valence electrons. The highest BCUT2D eigenvalue weighted by molar-refractivity contribution is 5.82. The third-order valence-corrected chi connectivity index (χ3v) is 2.29. The molecule has 1 aromatic heterocycles. The zero-order valence-electron chi connectivity index (χ0n) is 7.82. The van der Waals surface area contributed by atoms with Gasteiger partial charge in [0.1, 0.15) is 5.76 Å². The Hall–Kier alpha value is -1.36. The van der Waals surface area contributed by atoms with E-state index in [-0.39, 0.29) is 11.9 Å². The molecule has 1 aliphatic rings. The van der Waals surface area contributed by atoms with Gasteiger partial charge in [-0.1, -0.05) is 0 Å². The number of piperidine rings is 1. The number of nitrogens with zero attached hydrogens (tertiary/aromatic N) is 1. The van der Waals surface area contributed by atoms with Crippen LogP contribution in [0.4, 0.5) is 0 Å². The van der Waals surface area contributed by atoms with Gasteiger partial charge in [0.15, 0.2) is 6.39 Å². The maximum Gasteiger partial charge on any atom is 0.237 e. The molecule has 2 heterocycles. The van der Waals surface area contributed by atoms with Crippen molar-refractivity contribution in [1.29, 1.82) is 0 Å². The lowest BCUT2D eigenvalue weighted by Crippen LogP contribution is -2.47. The first kappa shape index (κ1) is 9.21. The SMILES string of the molecule is O=C1NCCCC1NCc1cnco1. The molecule has 1 atom stereocenters. The summed E-state index contributed by atoms with van der Waals surface area (Å²) in [6, 6.07) is -0.0890. The smallest absolute Gasteiger partial charge is 0.237 e. The van der Waals surface area contributed by atoms with Gasteiger partial charge in [0, 0.05) is 6.54 Å². The van der Waals surface area contributed by atoms with Crippen molar-refractivity contribution in [3.05, 3.63) is 18.4 Å². The lowest BCUT2D eigenvalue weighted by Gasteiger charge is -2.22. The average Bonchev–Trinajstić information content (AvgIpc) is 2.69. The number of amides is 1. The summed E-state index contributed by atoms with van der Waals surface area (Å²) >= 11 is 0. The Bertz CT molecular complexity index is 297. The highest BCUT2D eigenvalue weighted by Gasteiger charge is 2.21. The molecule has 0 aromatic carbocycles. The first-order chi connectivity index (χ1) is 6.86. The van der Waals surface area contributed by atoms with Crippen molar-refractivity contribution in [2.75, 3.05) is 6.54 Å². The van der Waals surface area contributed by atoms with Gasteiger partial charge < -0.3 is 9.73 Å². The first-order valence-corrected chi connectivity index (χ1v) is 4.75. The second-order valence-electron chi connectivity index (χ2n) is 3.33. The molecule has 14 heavy (non-hydrogen) atoms. The largest absolute Gasteiger partial charge is 0.447 e. The quantitative estimate of drug-likeness (QED) is 0.714. The molecule has 1 aromatic rings. The third kappa shape index (κ3) is 2.11. The molecule has 5 nitrogen and oxygen atoms in total. The van der Waals surface area contributed by atoms with Gasteiger partial charge in [0.05, 0.1) is 18.8 Å². The number of rotatable bonds is 3. The number of nitrogens with one attached hydrogen (secondary N) is 2. The van der Waals surface area contributed by atoms with Crippen LogP contribution in [-0.2, 0) is 11.3 Å². The first-order valence-electron chi connectivity index (χ1n) is 4.75. The number of oxazole rings is 1. The van der Waals surface area contributed by atoms with Crippen LogP contribution in [0.15, 0.2) is 17.0 Å². The zero-order chi connectivity index (χ0) is 9.80. The number of hydrogen-bond donors (Lipinski definition) is 2. The van der Waals surface area contributed by atoms with E-state index in [9.17, 15) is 4.79 Å². The Morgan fingerprint density at radius 3 is 3.36 bits per heavy atom. The van der Waals surface area contributed by atoms with Gasteiger partial charge in [0.25, 0.3) is 0 Å². The van der Waals surface area contributed by atoms with Crippen LogP contribution in [0, 0.1) is 0 Å². The van der Waals surface area contributed by atoms with E-state index in [2.05, 4.69) is 15.6 Å². The minimum absolute atomic E-state index is 0.0794. The molecule has 2 N–H and O–H groups in total. The van der Waals surface area contributed by atoms with Gasteiger partial charge in [-0.2, -0.15) is 0 Å². The molecular weight excluding hydrogens is 182 g/mol. The van der Waals surface area contributed by atoms with Crippen LogP contribution < -0.4 is 10.6 Å². The Kier molecular flexibility index (Phi) is 2.78. The summed E-state index contributed by atoms with van der Waals surface area (Å²) in [6.45, 7) is 1.34. The molecule has 1 saturated heterocycles. The summed E-state index contributed by atoms with van der Waals surface area (Å²) in [5.41, 5.74) is 0. The molecule has 1 fully saturated rings. The van der Waals surface area contributed by atoms with Gasteiger partial charge in [-0.3, -0.25) is 10.1 Å². The summed E-state index contributed by atoms with van der Waals surface area (Å²) in [6.07, 6.45) is 4.95. The monoisotopic (exact) mass is 195 g/mol. The van der Waals surface area contributed by atoms with Crippen molar-refractivity contribution in [2.24, 2.45) is 0 Å². The van der Waals surface area contributed by atoms with Crippen LogP contribution in [0.5, 0.6) is 0 Å². The van der Waals surface area contributed by atoms with Gasteiger partial charge in [0.2, 0.25) is 5.91 Å². The molecule has 0 radical (unpaired) electrons. The molecule has 1 unspecified atom stereocenters. The number of carbonyl (C=O) groups excluding carboxylic acids is 1. The molecule has 0 saturated carbocycles. The Balaban J connectivity index is 1.82. The van der Waals surface area contributed by atoms with Gasteiger partial charge in [-0.05, 0) is 12.8 Å². The van der Waals surface area contributed by atoms with E-state index in [0.29, 0.717) is 6.54 Å². The predicted octanol–water partition coefficient (Wildman–Crippen LogP) is 0.0428. The van der Waals surface area contributed by atoms with Crippen molar-refractivity contribution in [3.63, 3.8) is 0 Å². The van der Waals surface area contributed by atoms with Crippen molar-refractivity contribution >= 4 is 5.91 Å². The van der Waals surface area contributed by atoms with Gasteiger partial charge in [-0.25, -0.2) is 4.98 Å². The summed E-state index contributed by atoms with van der Waals surface area (Å²) in [5, 5.41) is 5.94. The molecule has 2 rings (SSSR count). The maximum atomic E-state index is 11.3. The highest BCUT2D eigenvalue weighted by Crippen LogP contribution is 2.04. The number of carbonyl (C=O) groups is 1. The van der Waals surface area contributed by atoms with E-state index in [0.717, 1.165) is 25.1 Å². The lowest BCUT2D eigenvalue weighted by molar-refractivity contribution is -0.124. The molecular formula is C9H13N3O2. The Morgan fingerprint density at radius 2 is 2.64 bits per heavy atom. The fourth-order valence-corrected chi connectivity index (χ4v) is 1.52. The van der Waals surface area contributed by atoms with Crippen molar-refractivity contribution < 1.29 is 9.21 Å². The van der Waals surface area contributed by atoms with E-state index in [4.69, 9.17) is 4.42 Å². The topological polar surface area (TPSA) is 67.2 Å². The summed E-state index contributed by atoms with van der Waals surface area (Å²) in [7, 11) is 0. The van der Waals surface area contributed by atoms with Crippen molar-refractivity contribution in [1.82, 2.24) is 15.6 Å². The highest BCUT2D eigenvalue weighted by atomic mass is 16.3. The van der Waals surface area contributed by atoms with E-state index in [1.165, 1.54) is 6.39 Å². The van der Waals surface area contributed by atoms with E-state index >= 15 is 0 Å². The molecule has 0 aliphatic carbocycles. The van der Waals surface area contributed by atoms with Gasteiger partial charge in [-0.15, -0.1) is 0 Å². The maximum absolute atomic E-state index is 11.3. The summed E-state index contributed by atoms with van der Waals surface area (Å²) in [4.78, 5) is 15.1. The van der Waals surface area contributed by atoms with Crippen LogP contribution in [0.2, 0.25) is 0 Å². The summed E-state index contributed by atoms with van der Waals surface area (Å²) in [5.74, 6) is 0.833. The van der Waals surface area contributed by atoms with E-state index in [1.54, 1.807) is 6.20 Å². The second-order valence-corrected chi connectivity index (χ2v) is 3.33. The molecule has 0 bridgehead atoms.